The maximum absolute atomic E-state index is 11.9. The Morgan fingerprint density at radius 2 is 1.94 bits per heavy atom. The van der Waals surface area contributed by atoms with Crippen LogP contribution < -0.4 is 5.32 Å². The number of hydrogen-bond acceptors (Lipinski definition) is 3. The molecule has 0 spiro atoms. The van der Waals surface area contributed by atoms with E-state index in [0.29, 0.717) is 13.1 Å². The normalized spacial score (nSPS) is 22.9. The summed E-state index contributed by atoms with van der Waals surface area (Å²) in [7, 11) is 0. The van der Waals surface area contributed by atoms with E-state index in [9.17, 15) is 14.7 Å². The molecule has 0 aliphatic carbocycles. The molecule has 6 nitrogen and oxygen atoms in total. The van der Waals surface area contributed by atoms with E-state index < -0.39 is 18.1 Å². The van der Waals surface area contributed by atoms with Gasteiger partial charge in [-0.1, -0.05) is 13.8 Å². The molecule has 2 amide bonds. The quantitative estimate of drug-likeness (QED) is 0.685. The van der Waals surface area contributed by atoms with Crippen molar-refractivity contribution in [1.82, 2.24) is 10.2 Å². The number of nitrogens with zero attached hydrogens (tertiary/aromatic N) is 1. The van der Waals surface area contributed by atoms with Gasteiger partial charge in [0.25, 0.3) is 0 Å². The van der Waals surface area contributed by atoms with E-state index in [4.69, 9.17) is 5.11 Å². The average Bonchev–Trinajstić information content (AvgIpc) is 2.73. The van der Waals surface area contributed by atoms with Gasteiger partial charge in [0, 0.05) is 19.0 Å². The van der Waals surface area contributed by atoms with Crippen LogP contribution in [0.4, 0.5) is 4.79 Å². The van der Waals surface area contributed by atoms with Gasteiger partial charge >= 0.3 is 12.0 Å². The first-order valence-electron chi connectivity index (χ1n) is 6.29. The summed E-state index contributed by atoms with van der Waals surface area (Å²) in [6, 6.07) is -1.23. The molecule has 6 heteroatoms. The van der Waals surface area contributed by atoms with Crippen molar-refractivity contribution in [2.45, 2.75) is 39.3 Å². The van der Waals surface area contributed by atoms with E-state index in [-0.39, 0.29) is 17.9 Å². The van der Waals surface area contributed by atoms with E-state index in [1.54, 1.807) is 25.7 Å². The minimum Gasteiger partial charge on any atom is -0.480 e. The van der Waals surface area contributed by atoms with Crippen molar-refractivity contribution >= 4 is 12.0 Å². The monoisotopic (exact) mass is 258 g/mol. The molecule has 1 fully saturated rings. The standard InChI is InChI=1S/C12H22N2O4/c1-7(2)10(11(16)17)13-12(18)14-5-4-9(6-14)8(3)15/h7-10,15H,4-6H2,1-3H3,(H,13,18)(H,16,17)/t8?,9?,10-/m0/s1. The molecule has 0 aromatic rings. The number of amides is 2. The SMILES string of the molecule is CC(O)C1CCN(C(=O)N[C@H](C(=O)O)C(C)C)C1. The molecular weight excluding hydrogens is 236 g/mol. The molecule has 3 atom stereocenters. The number of carboxylic acids is 1. The maximum Gasteiger partial charge on any atom is 0.326 e. The first kappa shape index (κ1) is 14.8. The van der Waals surface area contributed by atoms with Gasteiger partial charge in [0.15, 0.2) is 0 Å². The van der Waals surface area contributed by atoms with Gasteiger partial charge < -0.3 is 20.4 Å². The van der Waals surface area contributed by atoms with Crippen LogP contribution in [0.25, 0.3) is 0 Å². The van der Waals surface area contributed by atoms with E-state index in [0.717, 1.165) is 6.42 Å². The number of nitrogens with one attached hydrogen (secondary N) is 1. The van der Waals surface area contributed by atoms with Crippen LogP contribution in [0.1, 0.15) is 27.2 Å². The highest BCUT2D eigenvalue weighted by atomic mass is 16.4. The zero-order chi connectivity index (χ0) is 13.9. The summed E-state index contributed by atoms with van der Waals surface area (Å²) >= 11 is 0. The molecule has 104 valence electrons. The van der Waals surface area contributed by atoms with Gasteiger partial charge in [-0.15, -0.1) is 0 Å². The molecule has 2 unspecified atom stereocenters. The van der Waals surface area contributed by atoms with Gasteiger partial charge in [-0.25, -0.2) is 9.59 Å². The Bertz CT molecular complexity index is 317. The minimum absolute atomic E-state index is 0.0816. The van der Waals surface area contributed by atoms with E-state index >= 15 is 0 Å². The third-order valence-electron chi connectivity index (χ3n) is 3.41. The van der Waals surface area contributed by atoms with Crippen LogP contribution in [0.3, 0.4) is 0 Å². The predicted molar refractivity (Wildman–Crippen MR) is 66.2 cm³/mol. The highest BCUT2D eigenvalue weighted by molar-refractivity contribution is 5.82. The van der Waals surface area contributed by atoms with Crippen molar-refractivity contribution in [3.05, 3.63) is 0 Å². The summed E-state index contributed by atoms with van der Waals surface area (Å²) in [6.07, 6.45) is 0.313. The van der Waals surface area contributed by atoms with Gasteiger partial charge in [0.2, 0.25) is 0 Å². The lowest BCUT2D eigenvalue weighted by Crippen LogP contribution is -2.49. The lowest BCUT2D eigenvalue weighted by Gasteiger charge is -2.23. The maximum atomic E-state index is 11.9. The molecule has 1 aliphatic heterocycles. The Morgan fingerprint density at radius 1 is 1.33 bits per heavy atom. The van der Waals surface area contributed by atoms with Crippen molar-refractivity contribution in [2.24, 2.45) is 11.8 Å². The number of rotatable bonds is 4. The fraction of sp³-hybridized carbons (Fsp3) is 0.833. The number of carbonyl (C=O) groups excluding carboxylic acids is 1. The molecule has 0 bridgehead atoms. The van der Waals surface area contributed by atoms with Crippen molar-refractivity contribution in [3.8, 4) is 0 Å². The number of aliphatic hydroxyl groups is 1. The van der Waals surface area contributed by atoms with Gasteiger partial charge in [-0.3, -0.25) is 0 Å². The molecule has 1 aliphatic rings. The van der Waals surface area contributed by atoms with Crippen molar-refractivity contribution in [1.29, 1.82) is 0 Å². The third kappa shape index (κ3) is 3.60. The van der Waals surface area contributed by atoms with Crippen LogP contribution in [0.2, 0.25) is 0 Å². The highest BCUT2D eigenvalue weighted by Gasteiger charge is 2.31. The van der Waals surface area contributed by atoms with E-state index in [1.165, 1.54) is 0 Å². The molecule has 0 radical (unpaired) electrons. The van der Waals surface area contributed by atoms with Crippen LogP contribution in [0.5, 0.6) is 0 Å². The van der Waals surface area contributed by atoms with Gasteiger partial charge in [-0.2, -0.15) is 0 Å². The summed E-state index contributed by atoms with van der Waals surface area (Å²) in [5.74, 6) is -1.11. The summed E-state index contributed by atoms with van der Waals surface area (Å²) < 4.78 is 0. The summed E-state index contributed by atoms with van der Waals surface area (Å²) in [5, 5.41) is 21.0. The average molecular weight is 258 g/mol. The Hall–Kier alpha value is -1.30. The number of likely N-dealkylation sites (tertiary alicyclic amines) is 1. The number of urea groups is 1. The van der Waals surface area contributed by atoms with Gasteiger partial charge in [0.05, 0.1) is 6.10 Å². The minimum atomic E-state index is -1.02. The highest BCUT2D eigenvalue weighted by Crippen LogP contribution is 2.19. The molecule has 0 aromatic carbocycles. The molecule has 0 aromatic heterocycles. The fourth-order valence-corrected chi connectivity index (χ4v) is 2.10. The second-order valence-electron chi connectivity index (χ2n) is 5.24. The first-order chi connectivity index (χ1) is 8.32. The molecule has 18 heavy (non-hydrogen) atoms. The lowest BCUT2D eigenvalue weighted by atomic mass is 10.0. The molecule has 1 rings (SSSR count). The van der Waals surface area contributed by atoms with E-state index in [2.05, 4.69) is 5.32 Å². The van der Waals surface area contributed by atoms with E-state index in [1.807, 2.05) is 0 Å². The number of carboxylic acid groups (broad SMARTS) is 1. The van der Waals surface area contributed by atoms with Crippen molar-refractivity contribution in [3.63, 3.8) is 0 Å². The Labute approximate surface area is 107 Å². The largest absolute Gasteiger partial charge is 0.480 e. The van der Waals surface area contributed by atoms with Crippen molar-refractivity contribution < 1.29 is 19.8 Å². The molecule has 0 saturated carbocycles. The van der Waals surface area contributed by atoms with Gasteiger partial charge in [-0.05, 0) is 19.3 Å². The summed E-state index contributed by atoms with van der Waals surface area (Å²) in [5.41, 5.74) is 0. The third-order valence-corrected chi connectivity index (χ3v) is 3.41. The Kier molecular flexibility index (Phi) is 4.95. The smallest absolute Gasteiger partial charge is 0.326 e. The molecule has 1 saturated heterocycles. The Morgan fingerprint density at radius 3 is 2.33 bits per heavy atom. The number of carbonyl (C=O) groups is 2. The van der Waals surface area contributed by atoms with Crippen LogP contribution in [-0.2, 0) is 4.79 Å². The number of aliphatic carboxylic acids is 1. The first-order valence-corrected chi connectivity index (χ1v) is 6.29. The topological polar surface area (TPSA) is 89.9 Å². The van der Waals surface area contributed by atoms with Gasteiger partial charge in [0.1, 0.15) is 6.04 Å². The second kappa shape index (κ2) is 6.04. The lowest BCUT2D eigenvalue weighted by molar-refractivity contribution is -0.140. The number of hydrogen-bond donors (Lipinski definition) is 3. The molecular formula is C12H22N2O4. The Balaban J connectivity index is 2.53. The summed E-state index contributed by atoms with van der Waals surface area (Å²) in [4.78, 5) is 24.5. The van der Waals surface area contributed by atoms with Crippen LogP contribution in [-0.4, -0.2) is 52.3 Å². The zero-order valence-electron chi connectivity index (χ0n) is 11.1. The second-order valence-corrected chi connectivity index (χ2v) is 5.24. The zero-order valence-corrected chi connectivity index (χ0v) is 11.1. The number of aliphatic hydroxyl groups excluding tert-OH is 1. The molecule has 3 N–H and O–H groups in total. The summed E-state index contributed by atoms with van der Waals surface area (Å²) in [6.45, 7) is 6.25. The predicted octanol–water partition coefficient (Wildman–Crippen LogP) is 0.508. The fourth-order valence-electron chi connectivity index (χ4n) is 2.10. The van der Waals surface area contributed by atoms with Crippen LogP contribution >= 0.6 is 0 Å². The van der Waals surface area contributed by atoms with Crippen LogP contribution in [0, 0.1) is 11.8 Å². The molecule has 1 heterocycles. The van der Waals surface area contributed by atoms with Crippen molar-refractivity contribution in [2.75, 3.05) is 13.1 Å². The van der Waals surface area contributed by atoms with Crippen LogP contribution in [0.15, 0.2) is 0 Å².